The van der Waals surface area contributed by atoms with Crippen molar-refractivity contribution in [1.29, 1.82) is 0 Å². The maximum absolute atomic E-state index is 10.6. The number of ether oxygens (including phenoxy) is 1. The number of carbonyl (C=O) groups excluding carboxylic acids is 2. The lowest BCUT2D eigenvalue weighted by molar-refractivity contribution is -0.142. The Labute approximate surface area is 86.6 Å². The van der Waals surface area contributed by atoms with Crippen LogP contribution in [-0.2, 0) is 14.3 Å². The number of benzene rings is 1. The number of hydrogen-bond donors (Lipinski definition) is 0. The van der Waals surface area contributed by atoms with Gasteiger partial charge in [0.25, 0.3) is 0 Å². The number of rotatable bonds is 3. The fraction of sp³-hybridized carbons (Fsp3) is 0.200. The molecule has 0 amide bonds. The molecule has 1 radical (unpaired) electrons. The molecule has 1 unspecified atom stereocenters. The molecule has 1 atom stereocenters. The molecule has 1 aromatic rings. The number of hydrogen-bond acceptors (Lipinski definition) is 3. The summed E-state index contributed by atoms with van der Waals surface area (Å²) in [5, 5.41) is 0. The molecule has 1 aromatic carbocycles. The van der Waals surface area contributed by atoms with E-state index in [0.29, 0.717) is 11.1 Å². The summed E-state index contributed by atoms with van der Waals surface area (Å²) in [5.41, 5.74) is -0.196. The van der Waals surface area contributed by atoms with Gasteiger partial charge < -0.3 is 4.74 Å². The normalized spacial score (nSPS) is 11.9. The van der Waals surface area contributed by atoms with E-state index in [1.54, 1.807) is 30.6 Å². The second-order valence-electron chi connectivity index (χ2n) is 2.61. The van der Waals surface area contributed by atoms with E-state index in [2.05, 4.69) is 0 Å². The van der Waals surface area contributed by atoms with Crippen LogP contribution in [0.1, 0.15) is 23.6 Å². The molecule has 0 spiro atoms. The Bertz CT molecular complexity index is 349. The van der Waals surface area contributed by atoms with Crippen LogP contribution in [0.25, 0.3) is 0 Å². The zero-order valence-corrected chi connectivity index (χ0v) is 8.25. The summed E-state index contributed by atoms with van der Waals surface area (Å²) in [6.07, 6.45) is 1.72. The van der Waals surface area contributed by atoms with Crippen molar-refractivity contribution < 1.29 is 14.3 Å². The van der Waals surface area contributed by atoms with Gasteiger partial charge in [0.05, 0.1) is 0 Å². The summed E-state index contributed by atoms with van der Waals surface area (Å²) in [5.74, 6) is -0.495. The van der Waals surface area contributed by atoms with Crippen molar-refractivity contribution in [3.63, 3.8) is 0 Å². The molecule has 0 aliphatic rings. The zero-order chi connectivity index (χ0) is 10.6. The summed E-state index contributed by atoms with van der Waals surface area (Å²) in [6, 6.07) is 6.55. The molecular formula is C10H8ClO3. The Hall–Kier alpha value is -1.35. The highest BCUT2D eigenvalue weighted by Crippen LogP contribution is 2.24. The first-order valence-corrected chi connectivity index (χ1v) is 4.37. The maximum atomic E-state index is 10.6. The van der Waals surface area contributed by atoms with E-state index in [9.17, 15) is 9.59 Å². The predicted octanol–water partition coefficient (Wildman–Crippen LogP) is 1.94. The summed E-state index contributed by atoms with van der Waals surface area (Å²) >= 11 is 5.76. The lowest BCUT2D eigenvalue weighted by Gasteiger charge is -2.10. The van der Waals surface area contributed by atoms with Crippen LogP contribution >= 0.6 is 11.6 Å². The summed E-state index contributed by atoms with van der Waals surface area (Å²) in [7, 11) is 0. The Balaban J connectivity index is 2.93. The van der Waals surface area contributed by atoms with Gasteiger partial charge in [-0.05, 0) is 0 Å². The molecular weight excluding hydrogens is 204 g/mol. The van der Waals surface area contributed by atoms with Crippen LogP contribution in [0.5, 0.6) is 0 Å². The Morgan fingerprint density at radius 1 is 1.50 bits per heavy atom. The largest absolute Gasteiger partial charge is 0.442 e. The monoisotopic (exact) mass is 211 g/mol. The van der Waals surface area contributed by atoms with Gasteiger partial charge in [-0.2, -0.15) is 0 Å². The molecule has 0 aliphatic carbocycles. The van der Waals surface area contributed by atoms with E-state index in [4.69, 9.17) is 16.3 Å². The molecule has 0 heterocycles. The average molecular weight is 212 g/mol. The molecule has 73 valence electrons. The van der Waals surface area contributed by atoms with Gasteiger partial charge in [0, 0.05) is 18.1 Å². The van der Waals surface area contributed by atoms with Crippen LogP contribution in [0.4, 0.5) is 0 Å². The molecule has 0 saturated heterocycles. The van der Waals surface area contributed by atoms with Gasteiger partial charge in [0.15, 0.2) is 0 Å². The van der Waals surface area contributed by atoms with Gasteiger partial charge in [-0.15, -0.1) is 0 Å². The molecule has 0 saturated carbocycles. The minimum Gasteiger partial charge on any atom is -0.442 e. The van der Waals surface area contributed by atoms with Crippen molar-refractivity contribution >= 4 is 23.9 Å². The average Bonchev–Trinajstić information content (AvgIpc) is 2.16. The second-order valence-corrected chi connectivity index (χ2v) is 3.01. The van der Waals surface area contributed by atoms with Crippen molar-refractivity contribution in [3.8, 4) is 0 Å². The van der Waals surface area contributed by atoms with Crippen molar-refractivity contribution in [2.24, 2.45) is 0 Å². The predicted molar refractivity (Wildman–Crippen MR) is 51.6 cm³/mol. The molecule has 0 N–H and O–H groups in total. The third kappa shape index (κ3) is 2.57. The third-order valence-corrected chi connectivity index (χ3v) is 1.91. The van der Waals surface area contributed by atoms with E-state index in [-0.39, 0.29) is 0 Å². The van der Waals surface area contributed by atoms with Gasteiger partial charge in [-0.1, -0.05) is 35.9 Å². The molecule has 0 fully saturated rings. The first-order chi connectivity index (χ1) is 6.65. The molecule has 0 bridgehead atoms. The van der Waals surface area contributed by atoms with Crippen molar-refractivity contribution in [1.82, 2.24) is 0 Å². The summed E-state index contributed by atoms with van der Waals surface area (Å²) in [6.45, 7) is 1.25. The molecule has 14 heavy (non-hydrogen) atoms. The third-order valence-electron chi connectivity index (χ3n) is 1.58. The quantitative estimate of drug-likeness (QED) is 0.567. The van der Waals surface area contributed by atoms with Crippen LogP contribution in [0.15, 0.2) is 24.3 Å². The Kier molecular flexibility index (Phi) is 3.65. The van der Waals surface area contributed by atoms with E-state index >= 15 is 0 Å². The fourth-order valence-electron chi connectivity index (χ4n) is 0.997. The smallest absolute Gasteiger partial charge is 0.304 e. The van der Waals surface area contributed by atoms with Crippen molar-refractivity contribution in [2.45, 2.75) is 12.5 Å². The van der Waals surface area contributed by atoms with E-state index in [1.807, 2.05) is 0 Å². The SMILES string of the molecule is CC(=O)OC(Cl)c1ccccc1[C]=O. The second kappa shape index (κ2) is 4.77. The Morgan fingerprint density at radius 2 is 2.14 bits per heavy atom. The first-order valence-electron chi connectivity index (χ1n) is 3.93. The van der Waals surface area contributed by atoms with Gasteiger partial charge in [-0.3, -0.25) is 9.59 Å². The van der Waals surface area contributed by atoms with Gasteiger partial charge in [0.2, 0.25) is 11.8 Å². The van der Waals surface area contributed by atoms with Crippen molar-refractivity contribution in [2.75, 3.05) is 0 Å². The number of carbonyl (C=O) groups is 1. The molecule has 0 aliphatic heterocycles. The van der Waals surface area contributed by atoms with Crippen LogP contribution in [0.3, 0.4) is 0 Å². The highest BCUT2D eigenvalue weighted by molar-refractivity contribution is 6.20. The lowest BCUT2D eigenvalue weighted by Crippen LogP contribution is -2.05. The van der Waals surface area contributed by atoms with Crippen molar-refractivity contribution in [3.05, 3.63) is 35.4 Å². The summed E-state index contributed by atoms with van der Waals surface area (Å²) < 4.78 is 4.73. The highest BCUT2D eigenvalue weighted by atomic mass is 35.5. The number of halogens is 1. The minimum atomic E-state index is -0.940. The molecule has 3 nitrogen and oxygen atoms in total. The first kappa shape index (κ1) is 10.7. The van der Waals surface area contributed by atoms with Gasteiger partial charge in [-0.25, -0.2) is 0 Å². The maximum Gasteiger partial charge on any atom is 0.304 e. The van der Waals surface area contributed by atoms with Crippen LogP contribution in [0.2, 0.25) is 0 Å². The van der Waals surface area contributed by atoms with Crippen LogP contribution in [-0.4, -0.2) is 12.3 Å². The molecule has 1 rings (SSSR count). The van der Waals surface area contributed by atoms with E-state index in [1.165, 1.54) is 6.92 Å². The van der Waals surface area contributed by atoms with Gasteiger partial charge >= 0.3 is 5.97 Å². The minimum absolute atomic E-state index is 0.300. The van der Waals surface area contributed by atoms with Crippen LogP contribution < -0.4 is 0 Å². The number of alkyl halides is 1. The molecule has 4 heteroatoms. The number of esters is 1. The highest BCUT2D eigenvalue weighted by Gasteiger charge is 2.14. The summed E-state index contributed by atoms with van der Waals surface area (Å²) in [4.78, 5) is 21.1. The zero-order valence-electron chi connectivity index (χ0n) is 7.49. The van der Waals surface area contributed by atoms with Crippen LogP contribution in [0, 0.1) is 0 Å². The van der Waals surface area contributed by atoms with E-state index in [0.717, 1.165) is 0 Å². The fourth-order valence-corrected chi connectivity index (χ4v) is 1.31. The standard InChI is InChI=1S/C10H8ClO3/c1-7(13)14-10(11)9-5-3-2-4-8(9)6-12/h2-5,10H,1H3. The van der Waals surface area contributed by atoms with Gasteiger partial charge in [0.1, 0.15) is 0 Å². The van der Waals surface area contributed by atoms with E-state index < -0.39 is 11.5 Å². The Morgan fingerprint density at radius 3 is 2.71 bits per heavy atom. The molecule has 0 aromatic heterocycles. The lowest BCUT2D eigenvalue weighted by atomic mass is 10.1. The topological polar surface area (TPSA) is 43.4 Å².